The molecule has 174 valence electrons. The first-order valence-electron chi connectivity index (χ1n) is 11.1. The minimum absolute atomic E-state index is 0.0639. The van der Waals surface area contributed by atoms with E-state index in [-0.39, 0.29) is 36.4 Å². The molecule has 1 unspecified atom stereocenters. The second kappa shape index (κ2) is 9.21. The summed E-state index contributed by atoms with van der Waals surface area (Å²) in [5.74, 6) is -0.786. The van der Waals surface area contributed by atoms with Crippen molar-refractivity contribution in [1.82, 2.24) is 9.80 Å². The predicted octanol–water partition coefficient (Wildman–Crippen LogP) is 2.79. The van der Waals surface area contributed by atoms with Gasteiger partial charge in [0.2, 0.25) is 11.8 Å². The fourth-order valence-electron chi connectivity index (χ4n) is 4.46. The summed E-state index contributed by atoms with van der Waals surface area (Å²) in [4.78, 5) is 43.3. The maximum Gasteiger partial charge on any atom is 0.254 e. The van der Waals surface area contributed by atoms with E-state index in [1.54, 1.807) is 48.1 Å². The lowest BCUT2D eigenvalue weighted by atomic mass is 10.1. The molecule has 2 saturated heterocycles. The molecular weight excluding hydrogens is 425 g/mol. The molecule has 2 aromatic rings. The standard InChI is InChI=1S/C25H28FN3O4/c1-16-4-7-21(20(26)12-16)29-15-19(14-23(29)30)25(32)28-10-8-27(9-11-28)24(31)18-6-5-17(2)22(13-18)33-3/h4-7,12-13,19H,8-11,14-15H2,1-3H3. The number of piperazine rings is 1. The van der Waals surface area contributed by atoms with E-state index in [4.69, 9.17) is 4.74 Å². The highest BCUT2D eigenvalue weighted by molar-refractivity contribution is 6.00. The summed E-state index contributed by atoms with van der Waals surface area (Å²) in [5.41, 5.74) is 2.49. The van der Waals surface area contributed by atoms with Crippen LogP contribution in [0.5, 0.6) is 5.75 Å². The predicted molar refractivity (Wildman–Crippen MR) is 122 cm³/mol. The van der Waals surface area contributed by atoms with E-state index >= 15 is 0 Å². The van der Waals surface area contributed by atoms with E-state index in [9.17, 15) is 18.8 Å². The first kappa shape index (κ1) is 22.8. The van der Waals surface area contributed by atoms with E-state index in [2.05, 4.69) is 0 Å². The minimum atomic E-state index is -0.512. The SMILES string of the molecule is COc1cc(C(=O)N2CCN(C(=O)C3CC(=O)N(c4ccc(C)cc4F)C3)CC2)ccc1C. The molecule has 0 radical (unpaired) electrons. The Morgan fingerprint density at radius 1 is 1.00 bits per heavy atom. The molecule has 33 heavy (non-hydrogen) atoms. The van der Waals surface area contributed by atoms with Gasteiger partial charge in [0.15, 0.2) is 0 Å². The molecule has 0 spiro atoms. The molecule has 2 fully saturated rings. The van der Waals surface area contributed by atoms with Crippen molar-refractivity contribution in [2.24, 2.45) is 5.92 Å². The third-order valence-corrected chi connectivity index (χ3v) is 6.40. The maximum absolute atomic E-state index is 14.4. The zero-order chi connectivity index (χ0) is 23.7. The summed E-state index contributed by atoms with van der Waals surface area (Å²) in [6.07, 6.45) is 0.0639. The third kappa shape index (κ3) is 4.55. The van der Waals surface area contributed by atoms with Crippen molar-refractivity contribution in [3.63, 3.8) is 0 Å². The highest BCUT2D eigenvalue weighted by Gasteiger charge is 2.39. The minimum Gasteiger partial charge on any atom is -0.496 e. The number of rotatable bonds is 4. The lowest BCUT2D eigenvalue weighted by Crippen LogP contribution is -2.52. The number of benzene rings is 2. The number of carbonyl (C=O) groups excluding carboxylic acids is 3. The summed E-state index contributed by atoms with van der Waals surface area (Å²) in [5, 5.41) is 0. The van der Waals surface area contributed by atoms with Gasteiger partial charge in [-0.3, -0.25) is 14.4 Å². The summed E-state index contributed by atoms with van der Waals surface area (Å²) in [7, 11) is 1.57. The van der Waals surface area contributed by atoms with Crippen molar-refractivity contribution >= 4 is 23.4 Å². The summed E-state index contributed by atoms with van der Waals surface area (Å²) in [6.45, 7) is 5.49. The normalized spacial score (nSPS) is 18.6. The summed E-state index contributed by atoms with van der Waals surface area (Å²) >= 11 is 0. The van der Waals surface area contributed by atoms with Crippen molar-refractivity contribution in [3.8, 4) is 5.75 Å². The molecule has 3 amide bonds. The largest absolute Gasteiger partial charge is 0.496 e. The number of amides is 3. The van der Waals surface area contributed by atoms with Crippen molar-refractivity contribution < 1.29 is 23.5 Å². The lowest BCUT2D eigenvalue weighted by Gasteiger charge is -2.36. The third-order valence-electron chi connectivity index (χ3n) is 6.40. The highest BCUT2D eigenvalue weighted by Crippen LogP contribution is 2.29. The Bertz CT molecular complexity index is 1100. The van der Waals surface area contributed by atoms with Crippen LogP contribution in [0.15, 0.2) is 36.4 Å². The van der Waals surface area contributed by atoms with E-state index in [1.165, 1.54) is 11.0 Å². The van der Waals surface area contributed by atoms with Gasteiger partial charge in [-0.25, -0.2) is 4.39 Å². The summed E-state index contributed by atoms with van der Waals surface area (Å²) in [6, 6.07) is 10.1. The molecule has 7 nitrogen and oxygen atoms in total. The monoisotopic (exact) mass is 453 g/mol. The van der Waals surface area contributed by atoms with Crippen LogP contribution in [0.4, 0.5) is 10.1 Å². The van der Waals surface area contributed by atoms with Crippen LogP contribution in [0.3, 0.4) is 0 Å². The number of hydrogen-bond acceptors (Lipinski definition) is 4. The van der Waals surface area contributed by atoms with Gasteiger partial charge in [-0.05, 0) is 49.2 Å². The van der Waals surface area contributed by atoms with Crippen LogP contribution in [-0.2, 0) is 9.59 Å². The van der Waals surface area contributed by atoms with Gasteiger partial charge in [0.1, 0.15) is 11.6 Å². The molecule has 0 N–H and O–H groups in total. The van der Waals surface area contributed by atoms with Gasteiger partial charge in [0.05, 0.1) is 18.7 Å². The first-order chi connectivity index (χ1) is 15.8. The Kier molecular flexibility index (Phi) is 6.35. The van der Waals surface area contributed by atoms with Crippen LogP contribution >= 0.6 is 0 Å². The Hall–Kier alpha value is -3.42. The maximum atomic E-state index is 14.4. The number of hydrogen-bond donors (Lipinski definition) is 0. The summed E-state index contributed by atoms with van der Waals surface area (Å²) < 4.78 is 19.7. The van der Waals surface area contributed by atoms with E-state index in [0.29, 0.717) is 37.5 Å². The van der Waals surface area contributed by atoms with Crippen molar-refractivity contribution in [3.05, 3.63) is 58.9 Å². The number of aryl methyl sites for hydroxylation is 2. The van der Waals surface area contributed by atoms with Gasteiger partial charge in [0.25, 0.3) is 5.91 Å². The Morgan fingerprint density at radius 2 is 1.70 bits per heavy atom. The molecule has 2 aliphatic heterocycles. The Morgan fingerprint density at radius 3 is 2.36 bits per heavy atom. The van der Waals surface area contributed by atoms with Crippen molar-refractivity contribution in [1.29, 1.82) is 0 Å². The van der Waals surface area contributed by atoms with Gasteiger partial charge in [-0.2, -0.15) is 0 Å². The number of ether oxygens (including phenoxy) is 1. The fraction of sp³-hybridized carbons (Fsp3) is 0.400. The molecule has 8 heteroatoms. The molecule has 2 heterocycles. The molecular formula is C25H28FN3O4. The van der Waals surface area contributed by atoms with Crippen LogP contribution in [0.2, 0.25) is 0 Å². The lowest BCUT2D eigenvalue weighted by molar-refractivity contribution is -0.137. The number of methoxy groups -OCH3 is 1. The van der Waals surface area contributed by atoms with Gasteiger partial charge < -0.3 is 19.4 Å². The van der Waals surface area contributed by atoms with E-state index < -0.39 is 11.7 Å². The smallest absolute Gasteiger partial charge is 0.254 e. The molecule has 0 aromatic heterocycles. The zero-order valence-electron chi connectivity index (χ0n) is 19.1. The zero-order valence-corrected chi connectivity index (χ0v) is 19.1. The van der Waals surface area contributed by atoms with Crippen molar-refractivity contribution in [2.45, 2.75) is 20.3 Å². The quantitative estimate of drug-likeness (QED) is 0.714. The first-order valence-corrected chi connectivity index (χ1v) is 11.1. The van der Waals surface area contributed by atoms with Crippen LogP contribution in [0, 0.1) is 25.6 Å². The van der Waals surface area contributed by atoms with Crippen LogP contribution < -0.4 is 9.64 Å². The van der Waals surface area contributed by atoms with Gasteiger partial charge in [-0.15, -0.1) is 0 Å². The molecule has 4 rings (SSSR count). The van der Waals surface area contributed by atoms with E-state index in [0.717, 1.165) is 11.1 Å². The number of anilines is 1. The second-order valence-electron chi connectivity index (χ2n) is 8.66. The van der Waals surface area contributed by atoms with Crippen LogP contribution in [0.25, 0.3) is 0 Å². The van der Waals surface area contributed by atoms with Gasteiger partial charge in [0, 0.05) is 44.7 Å². The van der Waals surface area contributed by atoms with Crippen LogP contribution in [-0.4, -0.2) is 67.4 Å². The van der Waals surface area contributed by atoms with Gasteiger partial charge >= 0.3 is 0 Å². The number of nitrogens with zero attached hydrogens (tertiary/aromatic N) is 3. The second-order valence-corrected chi connectivity index (χ2v) is 8.66. The van der Waals surface area contributed by atoms with Crippen LogP contribution in [0.1, 0.15) is 27.9 Å². The highest BCUT2D eigenvalue weighted by atomic mass is 19.1. The number of halogens is 1. The van der Waals surface area contributed by atoms with Crippen molar-refractivity contribution in [2.75, 3.05) is 44.7 Å². The molecule has 0 aliphatic carbocycles. The molecule has 0 bridgehead atoms. The van der Waals surface area contributed by atoms with E-state index in [1.807, 2.05) is 13.0 Å². The molecule has 2 aliphatic rings. The average Bonchev–Trinajstić information content (AvgIpc) is 3.19. The Labute approximate surface area is 192 Å². The molecule has 1 atom stereocenters. The molecule has 0 saturated carbocycles. The molecule has 2 aromatic carbocycles. The van der Waals surface area contributed by atoms with Gasteiger partial charge in [-0.1, -0.05) is 12.1 Å². The Balaban J connectivity index is 1.37. The number of carbonyl (C=O) groups is 3. The average molecular weight is 454 g/mol. The fourth-order valence-corrected chi connectivity index (χ4v) is 4.46. The topological polar surface area (TPSA) is 70.2 Å².